The van der Waals surface area contributed by atoms with E-state index in [1.54, 1.807) is 0 Å². The summed E-state index contributed by atoms with van der Waals surface area (Å²) in [4.78, 5) is 21.6. The number of amides is 2. The van der Waals surface area contributed by atoms with E-state index < -0.39 is 0 Å². The summed E-state index contributed by atoms with van der Waals surface area (Å²) in [5, 5.41) is 0.858. The van der Waals surface area contributed by atoms with Crippen LogP contribution in [-0.4, -0.2) is 28.5 Å². The Balaban J connectivity index is 2.54. The van der Waals surface area contributed by atoms with E-state index in [9.17, 15) is 9.59 Å². The first-order valence-corrected chi connectivity index (χ1v) is 3.97. The van der Waals surface area contributed by atoms with Crippen LogP contribution in [0.5, 0.6) is 0 Å². The van der Waals surface area contributed by atoms with Gasteiger partial charge in [0.15, 0.2) is 0 Å². The highest BCUT2D eigenvalue weighted by atomic mass is 32.2. The summed E-state index contributed by atoms with van der Waals surface area (Å²) in [7, 11) is 0. The second-order valence-electron chi connectivity index (χ2n) is 1.80. The minimum Gasteiger partial charge on any atom is -0.272 e. The quantitative estimate of drug-likeness (QED) is 0.627. The van der Waals surface area contributed by atoms with E-state index in [0.717, 1.165) is 16.8 Å². The van der Waals surface area contributed by atoms with Gasteiger partial charge in [-0.1, -0.05) is 18.7 Å². The van der Waals surface area contributed by atoms with Crippen molar-refractivity contribution in [3.8, 4) is 0 Å². The fourth-order valence-electron chi connectivity index (χ4n) is 0.665. The Morgan fingerprint density at radius 3 is 2.80 bits per heavy atom. The lowest BCUT2D eigenvalue weighted by Gasteiger charge is -2.11. The first-order valence-electron chi connectivity index (χ1n) is 2.99. The minimum atomic E-state index is -0.202. The summed E-state index contributed by atoms with van der Waals surface area (Å²) in [5.41, 5.74) is 2.66. The summed E-state index contributed by atoms with van der Waals surface area (Å²) in [6.45, 7) is 2.43. The van der Waals surface area contributed by atoms with Crippen molar-refractivity contribution in [2.45, 2.75) is 6.92 Å². The van der Waals surface area contributed by atoms with E-state index in [4.69, 9.17) is 0 Å². The largest absolute Gasteiger partial charge is 0.303 e. The molecule has 0 spiro atoms. The zero-order chi connectivity index (χ0) is 7.56. The first-order chi connectivity index (χ1) is 4.75. The molecular weight excluding hydrogens is 152 g/mol. The van der Waals surface area contributed by atoms with Crippen LogP contribution in [0.2, 0.25) is 0 Å². The molecule has 1 rings (SSSR count). The van der Waals surface area contributed by atoms with Gasteiger partial charge < -0.3 is 0 Å². The molecule has 5 heteroatoms. The highest BCUT2D eigenvalue weighted by Crippen LogP contribution is 2.15. The van der Waals surface area contributed by atoms with Gasteiger partial charge >= 0.3 is 5.24 Å². The van der Waals surface area contributed by atoms with Gasteiger partial charge in [0.25, 0.3) is 5.91 Å². The summed E-state index contributed by atoms with van der Waals surface area (Å²) >= 11 is 1.03. The third-order valence-electron chi connectivity index (χ3n) is 1.07. The van der Waals surface area contributed by atoms with Crippen molar-refractivity contribution >= 4 is 22.9 Å². The molecule has 0 unspecified atom stereocenters. The fourth-order valence-corrected chi connectivity index (χ4v) is 1.34. The number of rotatable bonds is 2. The molecule has 1 aliphatic rings. The number of hydrogen-bond donors (Lipinski definition) is 1. The molecule has 56 valence electrons. The summed E-state index contributed by atoms with van der Waals surface area (Å²) in [6, 6.07) is 0. The molecule has 0 aliphatic carbocycles. The number of hydrogen-bond acceptors (Lipinski definition) is 4. The lowest BCUT2D eigenvalue weighted by atomic mass is 10.7. The third-order valence-corrected chi connectivity index (χ3v) is 1.89. The highest BCUT2D eigenvalue weighted by molar-refractivity contribution is 8.14. The number of imide groups is 1. The van der Waals surface area contributed by atoms with Crippen LogP contribution in [0.15, 0.2) is 0 Å². The molecule has 1 fully saturated rings. The molecule has 1 saturated heterocycles. The molecule has 0 bridgehead atoms. The van der Waals surface area contributed by atoms with E-state index >= 15 is 0 Å². The Labute approximate surface area is 62.9 Å². The minimum absolute atomic E-state index is 0.156. The Bertz CT molecular complexity index is 155. The van der Waals surface area contributed by atoms with Crippen molar-refractivity contribution in [2.75, 3.05) is 12.3 Å². The number of carbonyl (C=O) groups excluding carboxylic acids is 2. The molecule has 2 amide bonds. The van der Waals surface area contributed by atoms with Gasteiger partial charge in [-0.2, -0.15) is 0 Å². The first kappa shape index (κ1) is 7.56. The van der Waals surface area contributed by atoms with Crippen molar-refractivity contribution in [2.24, 2.45) is 0 Å². The van der Waals surface area contributed by atoms with Crippen LogP contribution >= 0.6 is 11.8 Å². The van der Waals surface area contributed by atoms with E-state index in [-0.39, 0.29) is 16.9 Å². The molecule has 0 aromatic rings. The number of carbonyl (C=O) groups is 2. The number of hydrazine groups is 1. The monoisotopic (exact) mass is 160 g/mol. The van der Waals surface area contributed by atoms with Crippen molar-refractivity contribution in [1.29, 1.82) is 0 Å². The van der Waals surface area contributed by atoms with Crippen molar-refractivity contribution in [1.82, 2.24) is 10.4 Å². The standard InChI is InChI=1S/C5H8N2O2S/c1-2-6-7-4(8)3-10-5(7)9/h6H,2-3H2,1H3. The smallest absolute Gasteiger partial charge is 0.272 e. The van der Waals surface area contributed by atoms with Crippen LogP contribution in [0, 0.1) is 0 Å². The van der Waals surface area contributed by atoms with E-state index in [1.807, 2.05) is 6.92 Å². The van der Waals surface area contributed by atoms with Crippen molar-refractivity contribution in [3.63, 3.8) is 0 Å². The molecule has 0 radical (unpaired) electrons. The van der Waals surface area contributed by atoms with Crippen LogP contribution in [0.4, 0.5) is 4.79 Å². The topological polar surface area (TPSA) is 49.4 Å². The second kappa shape index (κ2) is 3.03. The van der Waals surface area contributed by atoms with Gasteiger partial charge in [0, 0.05) is 6.54 Å². The lowest BCUT2D eigenvalue weighted by molar-refractivity contribution is -0.126. The van der Waals surface area contributed by atoms with Gasteiger partial charge in [-0.15, -0.1) is 0 Å². The van der Waals surface area contributed by atoms with Gasteiger partial charge in [-0.3, -0.25) is 9.59 Å². The molecule has 1 aliphatic heterocycles. The van der Waals surface area contributed by atoms with Crippen LogP contribution in [0.25, 0.3) is 0 Å². The molecule has 0 saturated carbocycles. The predicted molar refractivity (Wildman–Crippen MR) is 38.4 cm³/mol. The number of thioether (sulfide) groups is 1. The maximum Gasteiger partial charge on any atom is 0.303 e. The lowest BCUT2D eigenvalue weighted by Crippen LogP contribution is -2.41. The summed E-state index contributed by atoms with van der Waals surface area (Å²) in [5.74, 6) is 0.114. The van der Waals surface area contributed by atoms with Gasteiger partial charge in [-0.05, 0) is 0 Å². The Kier molecular flexibility index (Phi) is 2.29. The molecule has 10 heavy (non-hydrogen) atoms. The second-order valence-corrected chi connectivity index (χ2v) is 2.72. The number of nitrogens with one attached hydrogen (secondary N) is 1. The average Bonchev–Trinajstić information content (AvgIpc) is 2.20. The SMILES string of the molecule is CCNN1C(=O)CSC1=O. The molecule has 1 N–H and O–H groups in total. The normalized spacial score (nSPS) is 18.7. The maximum atomic E-state index is 10.8. The summed E-state index contributed by atoms with van der Waals surface area (Å²) < 4.78 is 0. The van der Waals surface area contributed by atoms with E-state index in [0.29, 0.717) is 6.54 Å². The van der Waals surface area contributed by atoms with Gasteiger partial charge in [0.1, 0.15) is 0 Å². The van der Waals surface area contributed by atoms with E-state index in [2.05, 4.69) is 5.43 Å². The molecular formula is C5H8N2O2S. The maximum absolute atomic E-state index is 10.8. The molecule has 4 nitrogen and oxygen atoms in total. The van der Waals surface area contributed by atoms with Crippen LogP contribution in [0.1, 0.15) is 6.92 Å². The summed E-state index contributed by atoms with van der Waals surface area (Å²) in [6.07, 6.45) is 0. The van der Waals surface area contributed by atoms with Gasteiger partial charge in [-0.25, -0.2) is 10.4 Å². The Morgan fingerprint density at radius 1 is 1.70 bits per heavy atom. The number of nitrogens with zero attached hydrogens (tertiary/aromatic N) is 1. The van der Waals surface area contributed by atoms with Crippen molar-refractivity contribution in [3.05, 3.63) is 0 Å². The Morgan fingerprint density at radius 2 is 2.40 bits per heavy atom. The van der Waals surface area contributed by atoms with Gasteiger partial charge in [0.05, 0.1) is 5.75 Å². The average molecular weight is 160 g/mol. The molecule has 1 heterocycles. The molecule has 0 aromatic heterocycles. The van der Waals surface area contributed by atoms with Crippen LogP contribution in [0.3, 0.4) is 0 Å². The van der Waals surface area contributed by atoms with Crippen molar-refractivity contribution < 1.29 is 9.59 Å². The van der Waals surface area contributed by atoms with E-state index in [1.165, 1.54) is 0 Å². The fraction of sp³-hybridized carbons (Fsp3) is 0.600. The zero-order valence-electron chi connectivity index (χ0n) is 5.59. The van der Waals surface area contributed by atoms with Gasteiger partial charge in [0.2, 0.25) is 0 Å². The highest BCUT2D eigenvalue weighted by Gasteiger charge is 2.28. The third kappa shape index (κ3) is 1.30. The molecule has 0 aromatic carbocycles. The van der Waals surface area contributed by atoms with Crippen LogP contribution in [-0.2, 0) is 4.79 Å². The van der Waals surface area contributed by atoms with Crippen LogP contribution < -0.4 is 5.43 Å². The Hall–Kier alpha value is -0.550. The predicted octanol–water partition coefficient (Wildman–Crippen LogP) is 0.206. The molecule has 0 atom stereocenters. The zero-order valence-corrected chi connectivity index (χ0v) is 6.40.